The van der Waals surface area contributed by atoms with Crippen LogP contribution in [0.5, 0.6) is 0 Å². The number of anilines is 1. The molecule has 0 amide bonds. The zero-order valence-electron chi connectivity index (χ0n) is 13.0. The van der Waals surface area contributed by atoms with E-state index in [0.29, 0.717) is 15.4 Å². The molecule has 0 aliphatic heterocycles. The number of aromatic nitrogens is 3. The van der Waals surface area contributed by atoms with Crippen LogP contribution >= 0.6 is 22.9 Å². The highest BCUT2D eigenvalue weighted by atomic mass is 35.5. The predicted octanol–water partition coefficient (Wildman–Crippen LogP) is 3.71. The minimum absolute atomic E-state index is 0.150. The number of hydrogen-bond donors (Lipinski definition) is 0. The van der Waals surface area contributed by atoms with E-state index in [4.69, 9.17) is 11.6 Å². The van der Waals surface area contributed by atoms with Crippen molar-refractivity contribution >= 4 is 48.9 Å². The van der Waals surface area contributed by atoms with Gasteiger partial charge in [0, 0.05) is 41.8 Å². The summed E-state index contributed by atoms with van der Waals surface area (Å²) in [5.41, 5.74) is 1.56. The molecule has 24 heavy (non-hydrogen) atoms. The van der Waals surface area contributed by atoms with Crippen LogP contribution < -0.4 is 10.5 Å². The molecule has 5 nitrogen and oxygen atoms in total. The van der Waals surface area contributed by atoms with Gasteiger partial charge in [-0.3, -0.25) is 4.79 Å². The number of rotatable bonds is 2. The quantitative estimate of drug-likeness (QED) is 0.549. The third-order valence-electron chi connectivity index (χ3n) is 3.85. The summed E-state index contributed by atoms with van der Waals surface area (Å²) in [6.45, 7) is 0. The van der Waals surface area contributed by atoms with Gasteiger partial charge in [-0.1, -0.05) is 11.6 Å². The van der Waals surface area contributed by atoms with Gasteiger partial charge in [0.05, 0.1) is 11.9 Å². The molecule has 0 saturated carbocycles. The van der Waals surface area contributed by atoms with Gasteiger partial charge in [-0.05, 0) is 30.3 Å². The number of benzene rings is 1. The Balaban J connectivity index is 2.04. The highest BCUT2D eigenvalue weighted by Gasteiger charge is 2.16. The molecule has 0 spiro atoms. The zero-order chi connectivity index (χ0) is 16.8. The number of pyridine rings is 1. The molecule has 1 aromatic carbocycles. The number of thiophene rings is 1. The summed E-state index contributed by atoms with van der Waals surface area (Å²) in [5, 5.41) is 6.77. The molecule has 0 unspecified atom stereocenters. The maximum absolute atomic E-state index is 12.9. The molecule has 4 aromatic rings. The normalized spacial score (nSPS) is 11.3. The first-order chi connectivity index (χ1) is 11.6. The fourth-order valence-corrected chi connectivity index (χ4v) is 3.90. The van der Waals surface area contributed by atoms with Gasteiger partial charge in [0.2, 0.25) is 0 Å². The van der Waals surface area contributed by atoms with E-state index in [0.717, 1.165) is 21.3 Å². The van der Waals surface area contributed by atoms with Gasteiger partial charge < -0.3 is 4.90 Å². The molecule has 3 heterocycles. The Kier molecular flexibility index (Phi) is 3.51. The minimum atomic E-state index is -0.150. The van der Waals surface area contributed by atoms with Gasteiger partial charge in [0.15, 0.2) is 0 Å². The lowest BCUT2D eigenvalue weighted by atomic mass is 10.2. The van der Waals surface area contributed by atoms with Crippen molar-refractivity contribution < 1.29 is 0 Å². The molecule has 0 fully saturated rings. The summed E-state index contributed by atoms with van der Waals surface area (Å²) < 4.78 is 2.04. The molecule has 3 aromatic heterocycles. The fraction of sp³-hybridized carbons (Fsp3) is 0.118. The minimum Gasteiger partial charge on any atom is -0.377 e. The Morgan fingerprint density at radius 2 is 1.92 bits per heavy atom. The van der Waals surface area contributed by atoms with Crippen LogP contribution in [0.2, 0.25) is 5.02 Å². The van der Waals surface area contributed by atoms with Gasteiger partial charge in [-0.15, -0.1) is 11.3 Å². The van der Waals surface area contributed by atoms with Crippen LogP contribution in [0.1, 0.15) is 0 Å². The van der Waals surface area contributed by atoms with Crippen LogP contribution in [-0.4, -0.2) is 28.9 Å². The molecule has 0 atom stereocenters. The van der Waals surface area contributed by atoms with Crippen molar-refractivity contribution in [3.63, 3.8) is 0 Å². The third kappa shape index (κ3) is 2.26. The maximum atomic E-state index is 12.9. The molecular formula is C17H13ClN4OS. The average molecular weight is 357 g/mol. The Morgan fingerprint density at radius 1 is 1.17 bits per heavy atom. The first kappa shape index (κ1) is 15.1. The largest absolute Gasteiger partial charge is 0.377 e. The van der Waals surface area contributed by atoms with Crippen molar-refractivity contribution in [1.82, 2.24) is 14.8 Å². The maximum Gasteiger partial charge on any atom is 0.289 e. The van der Waals surface area contributed by atoms with E-state index in [-0.39, 0.29) is 5.56 Å². The van der Waals surface area contributed by atoms with Crippen molar-refractivity contribution in [3.05, 3.63) is 58.1 Å². The van der Waals surface area contributed by atoms with Crippen molar-refractivity contribution in [3.8, 4) is 5.69 Å². The second-order valence-electron chi connectivity index (χ2n) is 5.59. The number of hydrogen-bond acceptors (Lipinski definition) is 5. The zero-order valence-corrected chi connectivity index (χ0v) is 14.6. The van der Waals surface area contributed by atoms with E-state index in [1.807, 2.05) is 25.1 Å². The van der Waals surface area contributed by atoms with Gasteiger partial charge in [-0.25, -0.2) is 4.98 Å². The van der Waals surface area contributed by atoms with E-state index in [1.54, 1.807) is 36.7 Å². The SMILES string of the molecule is CN(C)c1ccnc2sc3c(=O)n(-c4ccc(Cl)cc4)ncc3c12. The summed E-state index contributed by atoms with van der Waals surface area (Å²) in [6.07, 6.45) is 3.50. The van der Waals surface area contributed by atoms with Crippen LogP contribution in [0.3, 0.4) is 0 Å². The molecule has 0 saturated heterocycles. The van der Waals surface area contributed by atoms with Gasteiger partial charge >= 0.3 is 0 Å². The Bertz CT molecular complexity index is 1120. The first-order valence-corrected chi connectivity index (χ1v) is 8.48. The lowest BCUT2D eigenvalue weighted by Gasteiger charge is -2.13. The molecule has 0 bridgehead atoms. The van der Waals surface area contributed by atoms with Crippen LogP contribution in [0.25, 0.3) is 26.0 Å². The highest BCUT2D eigenvalue weighted by Crippen LogP contribution is 2.35. The van der Waals surface area contributed by atoms with Gasteiger partial charge in [0.1, 0.15) is 9.53 Å². The lowest BCUT2D eigenvalue weighted by molar-refractivity contribution is 0.823. The molecule has 0 radical (unpaired) electrons. The highest BCUT2D eigenvalue weighted by molar-refractivity contribution is 7.25. The van der Waals surface area contributed by atoms with E-state index >= 15 is 0 Å². The monoisotopic (exact) mass is 356 g/mol. The Labute approximate surface area is 146 Å². The van der Waals surface area contributed by atoms with E-state index < -0.39 is 0 Å². The number of fused-ring (bicyclic) bond motifs is 3. The topological polar surface area (TPSA) is 51.0 Å². The van der Waals surface area contributed by atoms with Crippen molar-refractivity contribution in [2.45, 2.75) is 0 Å². The van der Waals surface area contributed by atoms with Crippen molar-refractivity contribution in [2.24, 2.45) is 0 Å². The number of nitrogens with zero attached hydrogens (tertiary/aromatic N) is 4. The van der Waals surface area contributed by atoms with Crippen LogP contribution in [-0.2, 0) is 0 Å². The van der Waals surface area contributed by atoms with Crippen LogP contribution in [0.4, 0.5) is 5.69 Å². The second-order valence-corrected chi connectivity index (χ2v) is 7.02. The molecular weight excluding hydrogens is 344 g/mol. The summed E-state index contributed by atoms with van der Waals surface area (Å²) >= 11 is 7.31. The van der Waals surface area contributed by atoms with Crippen LogP contribution in [0, 0.1) is 0 Å². The Hall–Kier alpha value is -2.44. The van der Waals surface area contributed by atoms with E-state index in [9.17, 15) is 4.79 Å². The van der Waals surface area contributed by atoms with Crippen LogP contribution in [0.15, 0.2) is 47.5 Å². The lowest BCUT2D eigenvalue weighted by Crippen LogP contribution is -2.19. The summed E-state index contributed by atoms with van der Waals surface area (Å²) in [4.78, 5) is 20.2. The first-order valence-electron chi connectivity index (χ1n) is 7.29. The third-order valence-corrected chi connectivity index (χ3v) is 5.20. The molecule has 0 N–H and O–H groups in total. The van der Waals surface area contributed by atoms with E-state index in [2.05, 4.69) is 10.1 Å². The summed E-state index contributed by atoms with van der Waals surface area (Å²) in [7, 11) is 3.95. The summed E-state index contributed by atoms with van der Waals surface area (Å²) in [6, 6.07) is 8.98. The number of halogens is 1. The smallest absolute Gasteiger partial charge is 0.289 e. The molecule has 0 aliphatic rings. The van der Waals surface area contributed by atoms with Crippen molar-refractivity contribution in [2.75, 3.05) is 19.0 Å². The van der Waals surface area contributed by atoms with Gasteiger partial charge in [-0.2, -0.15) is 9.78 Å². The average Bonchev–Trinajstić information content (AvgIpc) is 2.96. The second kappa shape index (κ2) is 5.58. The van der Waals surface area contributed by atoms with Gasteiger partial charge in [0.25, 0.3) is 5.56 Å². The summed E-state index contributed by atoms with van der Waals surface area (Å²) in [5.74, 6) is 0. The molecule has 0 aliphatic carbocycles. The predicted molar refractivity (Wildman–Crippen MR) is 99.9 cm³/mol. The standard InChI is InChI=1S/C17H13ClN4OS/c1-21(2)13-7-8-19-16-14(13)12-9-20-22(17(23)15(12)24-16)11-5-3-10(18)4-6-11/h3-9H,1-2H3. The van der Waals surface area contributed by atoms with Crippen molar-refractivity contribution in [1.29, 1.82) is 0 Å². The molecule has 7 heteroatoms. The molecule has 120 valence electrons. The Morgan fingerprint density at radius 3 is 2.62 bits per heavy atom. The van der Waals surface area contributed by atoms with E-state index in [1.165, 1.54) is 16.0 Å². The molecule has 4 rings (SSSR count). The fourth-order valence-electron chi connectivity index (χ4n) is 2.71.